The molecule has 0 unspecified atom stereocenters. The second-order valence-corrected chi connectivity index (χ2v) is 15.1. The van der Waals surface area contributed by atoms with Crippen LogP contribution in [0.5, 0.6) is 11.5 Å². The number of nitriles is 1. The highest BCUT2D eigenvalue weighted by Gasteiger charge is 2.41. The number of hydrogen-bond donors (Lipinski definition) is 0. The first kappa shape index (κ1) is 26.9. The van der Waals surface area contributed by atoms with Gasteiger partial charge in [0.2, 0.25) is 0 Å². The molecule has 3 heterocycles. The third-order valence-corrected chi connectivity index (χ3v) is 13.4. The molecular formula is C43H26N2O2S. The molecule has 48 heavy (non-hydrogen) atoms. The van der Waals surface area contributed by atoms with E-state index in [9.17, 15) is 5.26 Å². The van der Waals surface area contributed by atoms with Gasteiger partial charge in [-0.2, -0.15) is 5.26 Å². The summed E-state index contributed by atoms with van der Waals surface area (Å²) in [6, 6.07) is 57.6. The Balaban J connectivity index is 1.26. The number of aromatic nitrogens is 1. The maximum Gasteiger partial charge on any atom is 0.140 e. The summed E-state index contributed by atoms with van der Waals surface area (Å²) in [6.45, 7) is 0. The predicted molar refractivity (Wildman–Crippen MR) is 193 cm³/mol. The third-order valence-electron chi connectivity index (χ3n) is 9.51. The summed E-state index contributed by atoms with van der Waals surface area (Å²) >= 11 is 0. The van der Waals surface area contributed by atoms with Gasteiger partial charge < -0.3 is 13.7 Å². The number of hydrogen-bond acceptors (Lipinski definition) is 3. The van der Waals surface area contributed by atoms with Crippen LogP contribution in [0.15, 0.2) is 182 Å². The van der Waals surface area contributed by atoms with Crippen molar-refractivity contribution in [1.82, 2.24) is 4.57 Å². The van der Waals surface area contributed by atoms with Crippen LogP contribution >= 0.6 is 10.0 Å². The highest BCUT2D eigenvalue weighted by molar-refractivity contribution is 8.34. The van der Waals surface area contributed by atoms with Gasteiger partial charge in [0, 0.05) is 46.8 Å². The Labute approximate surface area is 278 Å². The standard InChI is InChI=1S/C43H26N2O2S/c44-27-28-18-21-37-33(24-28)32-12-4-5-13-36(32)45(37)29-19-22-38-34(25-29)35-26-31(20-23-39(35)46-38)48(30-10-2-1-3-11-30)42-16-8-6-14-40(42)47-41-15-7-9-17-43(41)48/h1-26H. The Hall–Kier alpha value is -6.22. The first-order chi connectivity index (χ1) is 23.7. The van der Waals surface area contributed by atoms with E-state index >= 15 is 0 Å². The van der Waals surface area contributed by atoms with Gasteiger partial charge in [0.15, 0.2) is 0 Å². The van der Waals surface area contributed by atoms with E-state index in [4.69, 9.17) is 9.15 Å². The highest BCUT2D eigenvalue weighted by atomic mass is 32.3. The summed E-state index contributed by atoms with van der Waals surface area (Å²) in [7, 11) is -1.93. The van der Waals surface area contributed by atoms with Crippen molar-refractivity contribution < 1.29 is 9.15 Å². The lowest BCUT2D eigenvalue weighted by Gasteiger charge is -2.45. The van der Waals surface area contributed by atoms with Gasteiger partial charge in [0.25, 0.3) is 0 Å². The lowest BCUT2D eigenvalue weighted by molar-refractivity contribution is 0.452. The zero-order valence-corrected chi connectivity index (χ0v) is 26.4. The van der Waals surface area contributed by atoms with Crippen LogP contribution in [0.25, 0.3) is 49.4 Å². The van der Waals surface area contributed by atoms with E-state index < -0.39 is 10.0 Å². The number of rotatable bonds is 3. The molecule has 2 aromatic heterocycles. The zero-order valence-electron chi connectivity index (χ0n) is 25.6. The van der Waals surface area contributed by atoms with Crippen LogP contribution in [0.2, 0.25) is 0 Å². The van der Waals surface area contributed by atoms with Gasteiger partial charge in [0.05, 0.1) is 22.7 Å². The molecular weight excluding hydrogens is 609 g/mol. The van der Waals surface area contributed by atoms with Crippen LogP contribution in [0, 0.1) is 11.3 Å². The topological polar surface area (TPSA) is 51.1 Å². The normalized spacial score (nSPS) is 14.0. The summed E-state index contributed by atoms with van der Waals surface area (Å²) in [5.74, 6) is 1.78. The smallest absolute Gasteiger partial charge is 0.140 e. The molecule has 0 bridgehead atoms. The number of benzene rings is 7. The molecule has 0 aliphatic carbocycles. The van der Waals surface area contributed by atoms with E-state index in [2.05, 4.69) is 144 Å². The molecule has 0 saturated carbocycles. The molecule has 0 radical (unpaired) electrons. The maximum atomic E-state index is 9.63. The molecule has 226 valence electrons. The van der Waals surface area contributed by atoms with Crippen molar-refractivity contribution in [2.24, 2.45) is 0 Å². The van der Waals surface area contributed by atoms with Crippen molar-refractivity contribution in [3.05, 3.63) is 163 Å². The van der Waals surface area contributed by atoms with Crippen LogP contribution in [0.1, 0.15) is 5.56 Å². The van der Waals surface area contributed by atoms with E-state index in [0.717, 1.165) is 60.9 Å². The number of fused-ring (bicyclic) bond motifs is 8. The van der Waals surface area contributed by atoms with E-state index in [1.54, 1.807) is 0 Å². The Morgan fingerprint density at radius 2 is 1.15 bits per heavy atom. The fourth-order valence-electron chi connectivity index (χ4n) is 7.48. The molecule has 9 aromatic rings. The van der Waals surface area contributed by atoms with Gasteiger partial charge >= 0.3 is 0 Å². The third kappa shape index (κ3) is 3.66. The Kier molecular flexibility index (Phi) is 5.69. The molecule has 1 aliphatic heterocycles. The minimum atomic E-state index is -1.93. The van der Waals surface area contributed by atoms with E-state index in [1.165, 1.54) is 19.6 Å². The zero-order chi connectivity index (χ0) is 31.8. The minimum Gasteiger partial charge on any atom is -0.456 e. The maximum absolute atomic E-state index is 9.63. The van der Waals surface area contributed by atoms with Crippen molar-refractivity contribution in [3.8, 4) is 23.3 Å². The lowest BCUT2D eigenvalue weighted by atomic mass is 10.1. The second kappa shape index (κ2) is 10.1. The van der Waals surface area contributed by atoms with E-state index in [1.807, 2.05) is 24.3 Å². The van der Waals surface area contributed by atoms with Gasteiger partial charge in [-0.25, -0.2) is 0 Å². The van der Waals surface area contributed by atoms with Gasteiger partial charge in [-0.1, -0.05) is 60.7 Å². The monoisotopic (exact) mass is 634 g/mol. The molecule has 4 nitrogen and oxygen atoms in total. The molecule has 0 N–H and O–H groups in total. The first-order valence-electron chi connectivity index (χ1n) is 15.9. The van der Waals surface area contributed by atoms with Crippen LogP contribution in [0.3, 0.4) is 0 Å². The summed E-state index contributed by atoms with van der Waals surface area (Å²) in [6.07, 6.45) is 0. The molecule has 0 saturated heterocycles. The quantitative estimate of drug-likeness (QED) is 0.194. The van der Waals surface area contributed by atoms with Crippen molar-refractivity contribution in [2.45, 2.75) is 19.6 Å². The molecule has 10 rings (SSSR count). The minimum absolute atomic E-state index is 0.653. The van der Waals surface area contributed by atoms with Crippen LogP contribution in [0.4, 0.5) is 0 Å². The number of nitrogens with zero attached hydrogens (tertiary/aromatic N) is 2. The average Bonchev–Trinajstić information content (AvgIpc) is 3.68. The number of para-hydroxylation sites is 3. The fourth-order valence-corrected chi connectivity index (χ4v) is 11.5. The molecule has 0 amide bonds. The highest BCUT2D eigenvalue weighted by Crippen LogP contribution is 2.79. The summed E-state index contributed by atoms with van der Waals surface area (Å²) < 4.78 is 15.3. The number of furan rings is 1. The summed E-state index contributed by atoms with van der Waals surface area (Å²) in [5, 5.41) is 13.9. The van der Waals surface area contributed by atoms with E-state index in [-0.39, 0.29) is 0 Å². The lowest BCUT2D eigenvalue weighted by Crippen LogP contribution is -2.11. The van der Waals surface area contributed by atoms with Gasteiger partial charge in [-0.3, -0.25) is 0 Å². The van der Waals surface area contributed by atoms with E-state index in [0.29, 0.717) is 5.56 Å². The van der Waals surface area contributed by atoms with Crippen molar-refractivity contribution in [1.29, 1.82) is 5.26 Å². The predicted octanol–water partition coefficient (Wildman–Crippen LogP) is 12.0. The van der Waals surface area contributed by atoms with Crippen LogP contribution < -0.4 is 4.74 Å². The van der Waals surface area contributed by atoms with Gasteiger partial charge in [-0.15, -0.1) is 10.0 Å². The molecule has 0 fully saturated rings. The largest absolute Gasteiger partial charge is 0.456 e. The Morgan fingerprint density at radius 3 is 1.92 bits per heavy atom. The van der Waals surface area contributed by atoms with Gasteiger partial charge in [-0.05, 0) is 97.1 Å². The number of ether oxygens (including phenoxy) is 1. The molecule has 0 spiro atoms. The second-order valence-electron chi connectivity index (χ2n) is 12.1. The molecule has 7 aromatic carbocycles. The first-order valence-corrected chi connectivity index (χ1v) is 17.5. The fraction of sp³-hybridized carbons (Fsp3) is 0. The summed E-state index contributed by atoms with van der Waals surface area (Å²) in [4.78, 5) is 4.84. The summed E-state index contributed by atoms with van der Waals surface area (Å²) in [5.41, 5.74) is 5.54. The molecule has 0 atom stereocenters. The van der Waals surface area contributed by atoms with Crippen molar-refractivity contribution >= 4 is 53.8 Å². The van der Waals surface area contributed by atoms with Crippen LogP contribution in [-0.2, 0) is 0 Å². The van der Waals surface area contributed by atoms with Crippen LogP contribution in [-0.4, -0.2) is 4.57 Å². The molecule has 5 heteroatoms. The Morgan fingerprint density at radius 1 is 0.500 bits per heavy atom. The SMILES string of the molecule is N#Cc1ccc2c(c1)c1ccccc1n2-c1ccc2oc3ccc(S4(c5ccccc5)c5ccccc5Oc5ccccc54)cc3c2c1. The Bertz CT molecular complexity index is 2740. The molecule has 1 aliphatic rings. The van der Waals surface area contributed by atoms with Gasteiger partial charge in [0.1, 0.15) is 22.7 Å². The average molecular weight is 635 g/mol. The van der Waals surface area contributed by atoms with Crippen molar-refractivity contribution in [2.75, 3.05) is 0 Å². The van der Waals surface area contributed by atoms with Crippen molar-refractivity contribution in [3.63, 3.8) is 0 Å².